The smallest absolute Gasteiger partial charge is 0.226 e. The van der Waals surface area contributed by atoms with E-state index in [1.165, 1.54) is 0 Å². The zero-order valence-electron chi connectivity index (χ0n) is 13.9. The fourth-order valence-electron chi connectivity index (χ4n) is 3.88. The van der Waals surface area contributed by atoms with E-state index in [1.54, 1.807) is 0 Å². The highest BCUT2D eigenvalue weighted by Crippen LogP contribution is 2.52. The molecule has 3 heterocycles. The van der Waals surface area contributed by atoms with E-state index in [1.807, 2.05) is 0 Å². The van der Waals surface area contributed by atoms with Crippen LogP contribution in [0.2, 0.25) is 0 Å². The van der Waals surface area contributed by atoms with Gasteiger partial charge < -0.3 is 14.8 Å². The van der Waals surface area contributed by atoms with E-state index in [0.29, 0.717) is 11.8 Å². The van der Waals surface area contributed by atoms with Crippen LogP contribution in [-0.2, 0) is 17.9 Å². The molecule has 1 saturated carbocycles. The highest BCUT2D eigenvalue weighted by atomic mass is 35.5. The zero-order valence-corrected chi connectivity index (χ0v) is 14.7. The standard InChI is InChI=1S/C16H25N5O.ClH/c1-16(2)9-12(16)15(22)20-6-3-11(4-7-20)14-19-18-13-10-17-5-8-21(13)14;/h11-12,17H,3-10H2,1-2H3;1H/t12-;/m1./s1. The average molecular weight is 340 g/mol. The SMILES string of the molecule is CC1(C)C[C@@H]1C(=O)N1CCC(c2nnc3n2CCNC3)CC1.Cl. The molecule has 4 rings (SSSR count). The van der Waals surface area contributed by atoms with Gasteiger partial charge in [-0.05, 0) is 24.7 Å². The van der Waals surface area contributed by atoms with Gasteiger partial charge in [0.05, 0.1) is 6.54 Å². The van der Waals surface area contributed by atoms with Crippen LogP contribution in [0, 0.1) is 11.3 Å². The number of hydrogen-bond donors (Lipinski definition) is 1. The molecule has 0 aromatic carbocycles. The summed E-state index contributed by atoms with van der Waals surface area (Å²) in [6.07, 6.45) is 3.09. The number of carbonyl (C=O) groups excluding carboxylic acids is 1. The maximum absolute atomic E-state index is 12.5. The third-order valence-corrected chi connectivity index (χ3v) is 5.63. The zero-order chi connectivity index (χ0) is 15.3. The molecule has 1 aromatic rings. The first-order valence-corrected chi connectivity index (χ1v) is 8.48. The lowest BCUT2D eigenvalue weighted by atomic mass is 9.95. The van der Waals surface area contributed by atoms with Crippen molar-refractivity contribution in [2.75, 3.05) is 19.6 Å². The lowest BCUT2D eigenvalue weighted by Gasteiger charge is -2.32. The second-order valence-corrected chi connectivity index (χ2v) is 7.65. The summed E-state index contributed by atoms with van der Waals surface area (Å²) < 4.78 is 2.28. The second kappa shape index (κ2) is 6.06. The monoisotopic (exact) mass is 339 g/mol. The number of hydrogen-bond acceptors (Lipinski definition) is 4. The van der Waals surface area contributed by atoms with Crippen LogP contribution in [0.5, 0.6) is 0 Å². The Morgan fingerprint density at radius 3 is 2.57 bits per heavy atom. The van der Waals surface area contributed by atoms with Gasteiger partial charge in [0.15, 0.2) is 0 Å². The largest absolute Gasteiger partial charge is 0.342 e. The van der Waals surface area contributed by atoms with E-state index in [2.05, 4.69) is 38.8 Å². The van der Waals surface area contributed by atoms with Gasteiger partial charge in [0.1, 0.15) is 11.6 Å². The Labute approximate surface area is 143 Å². The van der Waals surface area contributed by atoms with Crippen molar-refractivity contribution in [3.05, 3.63) is 11.6 Å². The van der Waals surface area contributed by atoms with Gasteiger partial charge in [-0.25, -0.2) is 0 Å². The lowest BCUT2D eigenvalue weighted by Crippen LogP contribution is -2.40. The summed E-state index contributed by atoms with van der Waals surface area (Å²) >= 11 is 0. The first kappa shape index (κ1) is 16.7. The summed E-state index contributed by atoms with van der Waals surface area (Å²) in [4.78, 5) is 14.6. The topological polar surface area (TPSA) is 63.1 Å². The van der Waals surface area contributed by atoms with E-state index >= 15 is 0 Å². The van der Waals surface area contributed by atoms with Crippen LogP contribution in [0.25, 0.3) is 0 Å². The van der Waals surface area contributed by atoms with E-state index in [0.717, 1.165) is 63.6 Å². The van der Waals surface area contributed by atoms with Gasteiger partial charge in [0.25, 0.3) is 0 Å². The van der Waals surface area contributed by atoms with Gasteiger partial charge in [-0.2, -0.15) is 0 Å². The summed E-state index contributed by atoms with van der Waals surface area (Å²) in [5.74, 6) is 3.28. The molecule has 2 fully saturated rings. The maximum Gasteiger partial charge on any atom is 0.226 e. The molecule has 1 atom stereocenters. The number of fused-ring (bicyclic) bond motifs is 1. The summed E-state index contributed by atoms with van der Waals surface area (Å²) in [7, 11) is 0. The lowest BCUT2D eigenvalue weighted by molar-refractivity contribution is -0.134. The fourth-order valence-corrected chi connectivity index (χ4v) is 3.88. The van der Waals surface area contributed by atoms with Crippen LogP contribution in [0.1, 0.15) is 50.7 Å². The molecule has 6 nitrogen and oxygen atoms in total. The fraction of sp³-hybridized carbons (Fsp3) is 0.812. The molecule has 0 radical (unpaired) electrons. The Morgan fingerprint density at radius 2 is 1.91 bits per heavy atom. The van der Waals surface area contributed by atoms with Crippen molar-refractivity contribution in [3.8, 4) is 0 Å². The number of rotatable bonds is 2. The molecule has 1 aromatic heterocycles. The number of likely N-dealkylation sites (tertiary alicyclic amines) is 1. The van der Waals surface area contributed by atoms with Gasteiger partial charge in [0, 0.05) is 38.0 Å². The molecule has 1 amide bonds. The number of piperidine rings is 1. The van der Waals surface area contributed by atoms with Gasteiger partial charge in [-0.1, -0.05) is 13.8 Å². The van der Waals surface area contributed by atoms with Crippen molar-refractivity contribution in [1.82, 2.24) is 25.0 Å². The summed E-state index contributed by atoms with van der Waals surface area (Å²) in [5.41, 5.74) is 0.229. The van der Waals surface area contributed by atoms with Gasteiger partial charge in [0.2, 0.25) is 5.91 Å². The van der Waals surface area contributed by atoms with E-state index in [4.69, 9.17) is 0 Å². The molecule has 1 aliphatic carbocycles. The van der Waals surface area contributed by atoms with Crippen molar-refractivity contribution < 1.29 is 4.79 Å². The van der Waals surface area contributed by atoms with Gasteiger partial charge in [-0.15, -0.1) is 22.6 Å². The van der Waals surface area contributed by atoms with Crippen LogP contribution >= 0.6 is 12.4 Å². The minimum Gasteiger partial charge on any atom is -0.342 e. The Bertz CT molecular complexity index is 591. The highest BCUT2D eigenvalue weighted by molar-refractivity contribution is 5.85. The van der Waals surface area contributed by atoms with Crippen LogP contribution in [-0.4, -0.2) is 45.2 Å². The summed E-state index contributed by atoms with van der Waals surface area (Å²) in [6.45, 7) is 8.91. The first-order chi connectivity index (χ1) is 10.6. The van der Waals surface area contributed by atoms with Crippen LogP contribution in [0.3, 0.4) is 0 Å². The van der Waals surface area contributed by atoms with E-state index < -0.39 is 0 Å². The molecule has 3 aliphatic rings. The van der Waals surface area contributed by atoms with Gasteiger partial charge in [-0.3, -0.25) is 4.79 Å². The number of nitrogens with zero attached hydrogens (tertiary/aromatic N) is 4. The maximum atomic E-state index is 12.5. The predicted octanol–water partition coefficient (Wildman–Crippen LogP) is 1.56. The second-order valence-electron chi connectivity index (χ2n) is 7.65. The van der Waals surface area contributed by atoms with Crippen molar-refractivity contribution in [2.24, 2.45) is 11.3 Å². The molecular weight excluding hydrogens is 314 g/mol. The molecule has 1 saturated heterocycles. The molecule has 23 heavy (non-hydrogen) atoms. The van der Waals surface area contributed by atoms with Crippen molar-refractivity contribution >= 4 is 18.3 Å². The van der Waals surface area contributed by atoms with Crippen molar-refractivity contribution in [3.63, 3.8) is 0 Å². The minimum absolute atomic E-state index is 0. The molecule has 1 N–H and O–H groups in total. The number of amides is 1. The van der Waals surface area contributed by atoms with Crippen LogP contribution in [0.4, 0.5) is 0 Å². The molecule has 0 spiro atoms. The van der Waals surface area contributed by atoms with Crippen molar-refractivity contribution in [1.29, 1.82) is 0 Å². The first-order valence-electron chi connectivity index (χ1n) is 8.48. The van der Waals surface area contributed by atoms with Crippen LogP contribution < -0.4 is 5.32 Å². The Hall–Kier alpha value is -1.14. The Balaban J connectivity index is 0.00000156. The Kier molecular flexibility index (Phi) is 4.40. The van der Waals surface area contributed by atoms with E-state index in [9.17, 15) is 4.79 Å². The number of carbonyl (C=O) groups is 1. The van der Waals surface area contributed by atoms with Crippen molar-refractivity contribution in [2.45, 2.75) is 52.1 Å². The highest BCUT2D eigenvalue weighted by Gasteiger charge is 2.52. The third-order valence-electron chi connectivity index (χ3n) is 5.63. The average Bonchev–Trinajstić information content (AvgIpc) is 2.97. The molecule has 2 aliphatic heterocycles. The van der Waals surface area contributed by atoms with E-state index in [-0.39, 0.29) is 23.7 Å². The Morgan fingerprint density at radius 1 is 1.22 bits per heavy atom. The number of aromatic nitrogens is 3. The predicted molar refractivity (Wildman–Crippen MR) is 89.4 cm³/mol. The quantitative estimate of drug-likeness (QED) is 0.888. The van der Waals surface area contributed by atoms with Gasteiger partial charge >= 0.3 is 0 Å². The molecular formula is C16H26ClN5O. The third kappa shape index (κ3) is 2.98. The molecule has 128 valence electrons. The normalized spacial score (nSPS) is 26.3. The van der Waals surface area contributed by atoms with Crippen LogP contribution in [0.15, 0.2) is 0 Å². The molecule has 0 bridgehead atoms. The summed E-state index contributed by atoms with van der Waals surface area (Å²) in [5, 5.41) is 12.1. The minimum atomic E-state index is 0. The number of halogens is 1. The molecule has 0 unspecified atom stereocenters. The number of nitrogens with one attached hydrogen (secondary N) is 1. The molecule has 7 heteroatoms. The summed E-state index contributed by atoms with van der Waals surface area (Å²) in [6, 6.07) is 0.